The molecule has 1 aromatic rings. The van der Waals surface area contributed by atoms with Crippen LogP contribution in [0, 0.1) is 0 Å². The van der Waals surface area contributed by atoms with E-state index in [-0.39, 0.29) is 17.9 Å². The lowest BCUT2D eigenvalue weighted by Gasteiger charge is -2.32. The lowest BCUT2D eigenvalue weighted by molar-refractivity contribution is 0.00578. The summed E-state index contributed by atoms with van der Waals surface area (Å²) in [6.45, 7) is 13.1. The molecule has 1 aromatic carbocycles. The second-order valence-corrected chi connectivity index (χ2v) is 9.06. The van der Waals surface area contributed by atoms with Crippen LogP contribution in [0.1, 0.15) is 64.4 Å². The number of rotatable bonds is 5. The van der Waals surface area contributed by atoms with Crippen LogP contribution in [0.15, 0.2) is 23.7 Å². The van der Waals surface area contributed by atoms with Crippen molar-refractivity contribution < 1.29 is 28.7 Å². The highest BCUT2D eigenvalue weighted by Crippen LogP contribution is 2.39. The molecule has 0 bridgehead atoms. The van der Waals surface area contributed by atoms with Crippen molar-refractivity contribution in [3.8, 4) is 5.75 Å². The number of benzene rings is 1. The highest BCUT2D eigenvalue weighted by molar-refractivity contribution is 6.56. The Morgan fingerprint density at radius 1 is 1.21 bits per heavy atom. The maximum absolute atomic E-state index is 12.1. The maximum Gasteiger partial charge on any atom is 0.492 e. The zero-order valence-corrected chi connectivity index (χ0v) is 18.2. The number of alkyl carbamates (subject to hydrolysis) is 1. The van der Waals surface area contributed by atoms with Crippen molar-refractivity contribution in [3.05, 3.63) is 34.8 Å². The lowest BCUT2D eigenvalue weighted by atomic mass is 9.76. The topological polar surface area (TPSA) is 94.1 Å². The third-order valence-corrected chi connectivity index (χ3v) is 4.97. The number of hydrogen-bond acceptors (Lipinski definition) is 6. The van der Waals surface area contributed by atoms with Gasteiger partial charge in [-0.25, -0.2) is 4.79 Å². The lowest BCUT2D eigenvalue weighted by Crippen LogP contribution is -2.41. The normalized spacial score (nSPS) is 18.4. The third kappa shape index (κ3) is 5.61. The summed E-state index contributed by atoms with van der Waals surface area (Å²) in [4.78, 5) is 23.6. The van der Waals surface area contributed by atoms with Gasteiger partial charge in [0.05, 0.1) is 16.8 Å². The van der Waals surface area contributed by atoms with Crippen LogP contribution in [0.5, 0.6) is 5.75 Å². The monoisotopic (exact) mass is 403 g/mol. The smallest absolute Gasteiger partial charge is 0.492 e. The Kier molecular flexibility index (Phi) is 6.50. The average Bonchev–Trinajstić information content (AvgIpc) is 2.77. The molecule has 0 radical (unpaired) electrons. The highest BCUT2D eigenvalue weighted by atomic mass is 16.7. The number of phenols is 1. The molecule has 8 heteroatoms. The van der Waals surface area contributed by atoms with Crippen molar-refractivity contribution in [3.63, 3.8) is 0 Å². The molecule has 0 unspecified atom stereocenters. The molecule has 0 aromatic heterocycles. The van der Waals surface area contributed by atoms with E-state index in [9.17, 15) is 14.7 Å². The number of carbonyl (C=O) groups excluding carboxylic acids is 2. The molecule has 1 amide bonds. The molecule has 1 heterocycles. The van der Waals surface area contributed by atoms with Crippen LogP contribution in [0.3, 0.4) is 0 Å². The fraction of sp³-hybridized carbons (Fsp3) is 0.524. The van der Waals surface area contributed by atoms with Gasteiger partial charge in [0.15, 0.2) is 6.29 Å². The molecule has 0 atom stereocenters. The van der Waals surface area contributed by atoms with E-state index in [1.807, 2.05) is 27.7 Å². The second kappa shape index (κ2) is 8.20. The van der Waals surface area contributed by atoms with Gasteiger partial charge < -0.3 is 24.5 Å². The van der Waals surface area contributed by atoms with Crippen LogP contribution >= 0.6 is 0 Å². The first kappa shape index (κ1) is 23.0. The Hall–Kier alpha value is -2.32. The summed E-state index contributed by atoms with van der Waals surface area (Å²) >= 11 is 0. The molecule has 1 aliphatic rings. The third-order valence-electron chi connectivity index (χ3n) is 4.97. The number of hydrogen-bond donors (Lipinski definition) is 2. The Morgan fingerprint density at radius 3 is 2.31 bits per heavy atom. The van der Waals surface area contributed by atoms with Crippen LogP contribution in [-0.4, -0.2) is 48.0 Å². The van der Waals surface area contributed by atoms with Crippen LogP contribution in [0.2, 0.25) is 0 Å². The highest BCUT2D eigenvalue weighted by Gasteiger charge is 2.52. The first-order valence-electron chi connectivity index (χ1n) is 9.56. The molecule has 0 aliphatic carbocycles. The van der Waals surface area contributed by atoms with Crippen molar-refractivity contribution in [1.82, 2.24) is 5.32 Å². The van der Waals surface area contributed by atoms with Gasteiger partial charge in [0.25, 0.3) is 0 Å². The molecule has 158 valence electrons. The van der Waals surface area contributed by atoms with Crippen molar-refractivity contribution >= 4 is 25.6 Å². The summed E-state index contributed by atoms with van der Waals surface area (Å²) in [7, 11) is -0.739. The van der Waals surface area contributed by atoms with Gasteiger partial charge >= 0.3 is 13.2 Å². The number of nitrogens with one attached hydrogen (secondary N) is 1. The van der Waals surface area contributed by atoms with Crippen LogP contribution < -0.4 is 5.32 Å². The molecule has 29 heavy (non-hydrogen) atoms. The molecular formula is C21H30BNO6. The van der Waals surface area contributed by atoms with Crippen LogP contribution in [0.25, 0.3) is 6.08 Å². The molecule has 1 aliphatic heterocycles. The molecule has 0 saturated carbocycles. The van der Waals surface area contributed by atoms with E-state index in [0.717, 1.165) is 0 Å². The van der Waals surface area contributed by atoms with Gasteiger partial charge in [-0.3, -0.25) is 4.79 Å². The molecule has 1 saturated heterocycles. The number of aldehydes is 1. The molecule has 1 fully saturated rings. The Balaban J connectivity index is 2.36. The summed E-state index contributed by atoms with van der Waals surface area (Å²) < 4.78 is 17.5. The van der Waals surface area contributed by atoms with Gasteiger partial charge in [-0.2, -0.15) is 0 Å². The molecule has 2 rings (SSSR count). The minimum atomic E-state index is -0.739. The van der Waals surface area contributed by atoms with E-state index in [1.165, 1.54) is 6.07 Å². The largest absolute Gasteiger partial charge is 0.507 e. The number of phenolic OH excluding ortho intramolecular Hbond substituents is 1. The minimum Gasteiger partial charge on any atom is -0.507 e. The first-order valence-corrected chi connectivity index (χ1v) is 9.56. The molecular weight excluding hydrogens is 373 g/mol. The molecule has 7 nitrogen and oxygen atoms in total. The number of aromatic hydroxyl groups is 1. The molecule has 0 spiro atoms. The fourth-order valence-corrected chi connectivity index (χ4v) is 2.71. The van der Waals surface area contributed by atoms with Crippen LogP contribution in [-0.2, 0) is 14.0 Å². The summed E-state index contributed by atoms with van der Waals surface area (Å²) in [5.74, 6) is -0.123. The average molecular weight is 403 g/mol. The van der Waals surface area contributed by atoms with Gasteiger partial charge in [0.2, 0.25) is 0 Å². The van der Waals surface area contributed by atoms with E-state index in [0.29, 0.717) is 17.3 Å². The quantitative estimate of drug-likeness (QED) is 0.575. The van der Waals surface area contributed by atoms with E-state index in [1.54, 1.807) is 39.0 Å². The summed E-state index contributed by atoms with van der Waals surface area (Å²) in [5, 5.41) is 12.7. The maximum atomic E-state index is 12.1. The number of ether oxygens (including phenoxy) is 1. The van der Waals surface area contributed by atoms with Gasteiger partial charge in [0, 0.05) is 6.54 Å². The summed E-state index contributed by atoms with van der Waals surface area (Å²) in [6.07, 6.45) is 1.69. The zero-order chi connectivity index (χ0) is 22.0. The van der Waals surface area contributed by atoms with Gasteiger partial charge in [-0.1, -0.05) is 18.2 Å². The fourth-order valence-electron chi connectivity index (χ4n) is 2.71. The Morgan fingerprint density at radius 2 is 1.79 bits per heavy atom. The van der Waals surface area contributed by atoms with Gasteiger partial charge in [0.1, 0.15) is 11.4 Å². The standard InChI is InChI=1S/C21H30BNO6/c1-19(2,3)27-18(26)23-12-15(22-28-20(4,5)21(6,7)29-22)11-14-9-8-10-17(25)16(14)13-24/h8-11,13,25H,12H2,1-7H3,(H,23,26). The van der Waals surface area contributed by atoms with E-state index < -0.39 is 30.0 Å². The second-order valence-electron chi connectivity index (χ2n) is 9.06. The van der Waals surface area contributed by atoms with Crippen LogP contribution in [0.4, 0.5) is 4.79 Å². The number of carbonyl (C=O) groups is 2. The predicted octanol–water partition coefficient (Wildman–Crippen LogP) is 3.74. The molecule has 2 N–H and O–H groups in total. The van der Waals surface area contributed by atoms with Crippen molar-refractivity contribution in [2.75, 3.05) is 6.54 Å². The van der Waals surface area contributed by atoms with Gasteiger partial charge in [-0.05, 0) is 65.6 Å². The van der Waals surface area contributed by atoms with E-state index in [4.69, 9.17) is 14.0 Å². The summed E-state index contributed by atoms with van der Waals surface area (Å²) in [5.41, 5.74) is -0.546. The van der Waals surface area contributed by atoms with Crippen molar-refractivity contribution in [2.24, 2.45) is 0 Å². The van der Waals surface area contributed by atoms with E-state index >= 15 is 0 Å². The van der Waals surface area contributed by atoms with Crippen molar-refractivity contribution in [2.45, 2.75) is 65.3 Å². The zero-order valence-electron chi connectivity index (χ0n) is 18.2. The van der Waals surface area contributed by atoms with E-state index in [2.05, 4.69) is 5.32 Å². The summed E-state index contributed by atoms with van der Waals surface area (Å²) in [6, 6.07) is 4.77. The van der Waals surface area contributed by atoms with Gasteiger partial charge in [-0.15, -0.1) is 0 Å². The first-order chi connectivity index (χ1) is 13.3. The Labute approximate surface area is 172 Å². The van der Waals surface area contributed by atoms with Crippen molar-refractivity contribution in [1.29, 1.82) is 0 Å². The Bertz CT molecular complexity index is 794. The predicted molar refractivity (Wildman–Crippen MR) is 112 cm³/mol. The number of amides is 1. The SMILES string of the molecule is CC(C)(C)OC(=O)NCC(=Cc1cccc(O)c1C=O)B1OC(C)(C)C(C)(C)O1. The minimum absolute atomic E-state index is 0.0830.